The minimum Gasteiger partial charge on any atom is -0.350 e. The van der Waals surface area contributed by atoms with Crippen molar-refractivity contribution in [3.05, 3.63) is 58.1 Å². The molecule has 0 saturated heterocycles. The normalized spacial score (nSPS) is 12.5. The van der Waals surface area contributed by atoms with E-state index < -0.39 is 12.1 Å². The van der Waals surface area contributed by atoms with Gasteiger partial charge in [-0.15, -0.1) is 11.3 Å². The molecule has 6 heteroatoms. The second-order valence-corrected chi connectivity index (χ2v) is 5.78. The number of hydrogen-bond acceptors (Lipinski definition) is 4. The molecule has 2 rings (SSSR count). The van der Waals surface area contributed by atoms with Crippen LogP contribution in [0.4, 0.5) is 4.79 Å². The van der Waals surface area contributed by atoms with Gasteiger partial charge in [0, 0.05) is 28.1 Å². The lowest BCUT2D eigenvalue weighted by Crippen LogP contribution is -2.38. The first kappa shape index (κ1) is 15.2. The maximum Gasteiger partial charge on any atom is 0.339 e. The third-order valence-electron chi connectivity index (χ3n) is 2.91. The number of urea groups is 1. The van der Waals surface area contributed by atoms with E-state index in [-0.39, 0.29) is 0 Å². The molecule has 0 fully saturated rings. The number of aromatic nitrogens is 1. The molecule has 2 heterocycles. The molecule has 0 aliphatic rings. The lowest BCUT2D eigenvalue weighted by atomic mass is 10.2. The van der Waals surface area contributed by atoms with Crippen LogP contribution >= 0.6 is 11.3 Å². The molecule has 0 radical (unpaired) electrons. The first-order valence-corrected chi connectivity index (χ1v) is 7.32. The lowest BCUT2D eigenvalue weighted by Gasteiger charge is -2.16. The summed E-state index contributed by atoms with van der Waals surface area (Å²) in [4.78, 5) is 17.4. The third-order valence-corrected chi connectivity index (χ3v) is 3.96. The van der Waals surface area contributed by atoms with Gasteiger partial charge in [-0.05, 0) is 37.3 Å². The summed E-state index contributed by atoms with van der Waals surface area (Å²) >= 11 is 1.65. The molecular weight excluding hydrogens is 286 g/mol. The van der Waals surface area contributed by atoms with E-state index in [0.29, 0.717) is 5.06 Å². The van der Waals surface area contributed by atoms with E-state index in [4.69, 9.17) is 5.73 Å². The quantitative estimate of drug-likeness (QED) is 0.658. The van der Waals surface area contributed by atoms with Crippen LogP contribution in [0.1, 0.15) is 22.4 Å². The van der Waals surface area contributed by atoms with Gasteiger partial charge in [0.25, 0.3) is 0 Å². The lowest BCUT2D eigenvalue weighted by molar-refractivity contribution is -0.0560. The average Bonchev–Trinajstić information content (AvgIpc) is 2.92. The van der Waals surface area contributed by atoms with Gasteiger partial charge in [0.15, 0.2) is 0 Å². The van der Waals surface area contributed by atoms with Crippen LogP contribution in [0.5, 0.6) is 0 Å². The van der Waals surface area contributed by atoms with Crippen molar-refractivity contribution >= 4 is 23.4 Å². The molecule has 3 N–H and O–H groups in total. The SMILES string of the molecule is C[C@H](/C=C\c1ccc(Cc2ccccn2)s1)N(O)C(N)=O. The smallest absolute Gasteiger partial charge is 0.339 e. The number of rotatable bonds is 5. The van der Waals surface area contributed by atoms with Crippen molar-refractivity contribution in [2.45, 2.75) is 19.4 Å². The Kier molecular flexibility index (Phi) is 5.08. The number of nitrogens with zero attached hydrogens (tertiary/aromatic N) is 2. The molecule has 110 valence electrons. The Labute approximate surface area is 127 Å². The molecule has 0 aliphatic carbocycles. The fourth-order valence-corrected chi connectivity index (χ4v) is 2.72. The van der Waals surface area contributed by atoms with Gasteiger partial charge in [-0.2, -0.15) is 5.06 Å². The van der Waals surface area contributed by atoms with E-state index in [9.17, 15) is 10.0 Å². The van der Waals surface area contributed by atoms with Crippen molar-refractivity contribution in [2.75, 3.05) is 0 Å². The highest BCUT2D eigenvalue weighted by atomic mass is 32.1. The number of carbonyl (C=O) groups excluding carboxylic acids is 1. The summed E-state index contributed by atoms with van der Waals surface area (Å²) in [5.74, 6) is 0. The molecule has 2 amide bonds. The molecule has 0 bridgehead atoms. The number of carbonyl (C=O) groups is 1. The van der Waals surface area contributed by atoms with Crippen LogP contribution in [-0.4, -0.2) is 27.3 Å². The van der Waals surface area contributed by atoms with Gasteiger partial charge in [-0.25, -0.2) is 4.79 Å². The number of amides is 2. The molecule has 1 atom stereocenters. The summed E-state index contributed by atoms with van der Waals surface area (Å²) in [5, 5.41) is 9.87. The van der Waals surface area contributed by atoms with Gasteiger partial charge in [0.05, 0.1) is 6.04 Å². The highest BCUT2D eigenvalue weighted by molar-refractivity contribution is 7.12. The Morgan fingerprint density at radius 3 is 2.95 bits per heavy atom. The highest BCUT2D eigenvalue weighted by Gasteiger charge is 2.11. The number of hydrogen-bond donors (Lipinski definition) is 2. The number of pyridine rings is 1. The second-order valence-electron chi connectivity index (χ2n) is 4.58. The van der Waals surface area contributed by atoms with E-state index in [1.165, 1.54) is 4.88 Å². The van der Waals surface area contributed by atoms with Crippen molar-refractivity contribution in [3.63, 3.8) is 0 Å². The Hall–Kier alpha value is -2.18. The van der Waals surface area contributed by atoms with Crippen molar-refractivity contribution in [2.24, 2.45) is 5.73 Å². The maximum atomic E-state index is 10.8. The molecule has 0 aliphatic heterocycles. The van der Waals surface area contributed by atoms with Crippen molar-refractivity contribution in [1.29, 1.82) is 0 Å². The average molecular weight is 303 g/mol. The zero-order valence-electron chi connectivity index (χ0n) is 11.6. The topological polar surface area (TPSA) is 79.4 Å². The Bertz CT molecular complexity index is 625. The summed E-state index contributed by atoms with van der Waals surface area (Å²) in [6.07, 6.45) is 6.16. The molecule has 0 unspecified atom stereocenters. The summed E-state index contributed by atoms with van der Waals surface area (Å²) in [6.45, 7) is 1.68. The van der Waals surface area contributed by atoms with Gasteiger partial charge in [-0.1, -0.05) is 12.1 Å². The molecule has 0 aromatic carbocycles. The fraction of sp³-hybridized carbons (Fsp3) is 0.200. The predicted octanol–water partition coefficient (Wildman–Crippen LogP) is 2.91. The van der Waals surface area contributed by atoms with Crippen LogP contribution < -0.4 is 5.73 Å². The Morgan fingerprint density at radius 1 is 1.48 bits per heavy atom. The van der Waals surface area contributed by atoms with Gasteiger partial charge in [0.1, 0.15) is 0 Å². The molecule has 5 nitrogen and oxygen atoms in total. The van der Waals surface area contributed by atoms with Crippen LogP contribution in [0.15, 0.2) is 42.6 Å². The molecule has 2 aromatic heterocycles. The standard InChI is InChI=1S/C15H17N3O2S/c1-11(18(20)15(16)19)5-6-13-7-8-14(21-13)10-12-4-2-3-9-17-12/h2-9,11,20H,10H2,1H3,(H2,16,19)/b6-5-/t11-/m1/s1. The molecular formula is C15H17N3O2S. The first-order chi connectivity index (χ1) is 10.1. The van der Waals surface area contributed by atoms with Crippen molar-refractivity contribution < 1.29 is 10.0 Å². The van der Waals surface area contributed by atoms with E-state index in [0.717, 1.165) is 17.0 Å². The second kappa shape index (κ2) is 7.01. The number of thiophene rings is 1. The Morgan fingerprint density at radius 2 is 2.29 bits per heavy atom. The monoisotopic (exact) mass is 303 g/mol. The largest absolute Gasteiger partial charge is 0.350 e. The fourth-order valence-electron chi connectivity index (χ4n) is 1.78. The van der Waals surface area contributed by atoms with Crippen LogP contribution in [0.2, 0.25) is 0 Å². The first-order valence-electron chi connectivity index (χ1n) is 6.50. The van der Waals surface area contributed by atoms with Gasteiger partial charge in [-0.3, -0.25) is 10.2 Å². The van der Waals surface area contributed by atoms with Gasteiger partial charge >= 0.3 is 6.03 Å². The van der Waals surface area contributed by atoms with Crippen LogP contribution in [0.3, 0.4) is 0 Å². The van der Waals surface area contributed by atoms with Crippen LogP contribution in [0.25, 0.3) is 6.08 Å². The maximum absolute atomic E-state index is 10.8. The van der Waals surface area contributed by atoms with Crippen molar-refractivity contribution in [3.8, 4) is 0 Å². The molecule has 0 saturated carbocycles. The molecule has 0 spiro atoms. The zero-order valence-corrected chi connectivity index (χ0v) is 12.5. The summed E-state index contributed by atoms with van der Waals surface area (Å²) in [6, 6.07) is 8.57. The minimum atomic E-state index is -0.867. The molecule has 21 heavy (non-hydrogen) atoms. The number of nitrogens with two attached hydrogens (primary N) is 1. The zero-order chi connectivity index (χ0) is 15.2. The number of primary amides is 1. The Balaban J connectivity index is 1.98. The van der Waals surface area contributed by atoms with E-state index in [2.05, 4.69) is 11.1 Å². The predicted molar refractivity (Wildman–Crippen MR) is 83.1 cm³/mol. The minimum absolute atomic E-state index is 0.469. The van der Waals surface area contributed by atoms with Gasteiger partial charge < -0.3 is 5.73 Å². The third kappa shape index (κ3) is 4.40. The summed E-state index contributed by atoms with van der Waals surface area (Å²) < 4.78 is 0. The van der Waals surface area contributed by atoms with Crippen LogP contribution in [0, 0.1) is 0 Å². The number of hydroxylamine groups is 2. The summed E-state index contributed by atoms with van der Waals surface area (Å²) in [7, 11) is 0. The summed E-state index contributed by atoms with van der Waals surface area (Å²) in [5.41, 5.74) is 6.02. The van der Waals surface area contributed by atoms with E-state index in [1.54, 1.807) is 30.5 Å². The highest BCUT2D eigenvalue weighted by Crippen LogP contribution is 2.20. The van der Waals surface area contributed by atoms with Crippen molar-refractivity contribution in [1.82, 2.24) is 10.0 Å². The van der Waals surface area contributed by atoms with E-state index in [1.807, 2.05) is 30.3 Å². The van der Waals surface area contributed by atoms with Gasteiger partial charge in [0.2, 0.25) is 0 Å². The molecule has 2 aromatic rings. The van der Waals surface area contributed by atoms with E-state index >= 15 is 0 Å². The van der Waals surface area contributed by atoms with Crippen LogP contribution in [-0.2, 0) is 6.42 Å².